The first-order valence-electron chi connectivity index (χ1n) is 8.05. The summed E-state index contributed by atoms with van der Waals surface area (Å²) >= 11 is 0. The Morgan fingerprint density at radius 2 is 1.76 bits per heavy atom. The third-order valence-corrected chi connectivity index (χ3v) is 4.84. The normalized spacial score (nSPS) is 11.6. The Labute approximate surface area is 168 Å². The summed E-state index contributed by atoms with van der Waals surface area (Å²) in [5, 5.41) is 6.40. The molecule has 0 spiro atoms. The summed E-state index contributed by atoms with van der Waals surface area (Å²) in [6.07, 6.45) is 1.57. The van der Waals surface area contributed by atoms with Gasteiger partial charge in [-0.3, -0.25) is 4.99 Å². The number of hydrogen-bond acceptors (Lipinski definition) is 4. The lowest BCUT2D eigenvalue weighted by molar-refractivity contribution is 0.414. The van der Waals surface area contributed by atoms with Crippen molar-refractivity contribution in [2.45, 2.75) is 19.8 Å². The van der Waals surface area contributed by atoms with Crippen molar-refractivity contribution in [2.24, 2.45) is 4.99 Å². The van der Waals surface area contributed by atoms with E-state index in [0.29, 0.717) is 25.5 Å². The molecule has 0 fully saturated rings. The number of nitrogens with one attached hydrogen (secondary N) is 3. The third-order valence-electron chi connectivity index (χ3n) is 3.44. The Hall–Kier alpha value is -1.07. The van der Waals surface area contributed by atoms with E-state index >= 15 is 0 Å². The summed E-state index contributed by atoms with van der Waals surface area (Å²) < 4.78 is 30.3. The Balaban J connectivity index is 0.00000576. The van der Waals surface area contributed by atoms with Gasteiger partial charge in [0.2, 0.25) is 10.0 Å². The SMILES string of the molecule is CCS(=O)(=O)NCCCNC(=NC)NCCc1ccc(OC)cc1.I. The van der Waals surface area contributed by atoms with Crippen molar-refractivity contribution in [3.63, 3.8) is 0 Å². The van der Waals surface area contributed by atoms with Gasteiger partial charge in [-0.25, -0.2) is 13.1 Å². The maximum atomic E-state index is 11.3. The molecule has 0 unspecified atom stereocenters. The highest BCUT2D eigenvalue weighted by Gasteiger charge is 2.04. The Morgan fingerprint density at radius 3 is 2.32 bits per heavy atom. The number of hydrogen-bond donors (Lipinski definition) is 3. The molecule has 0 aliphatic heterocycles. The molecule has 0 radical (unpaired) electrons. The van der Waals surface area contributed by atoms with Crippen LogP contribution in [0.2, 0.25) is 0 Å². The molecule has 0 heterocycles. The standard InChI is InChI=1S/C16H28N4O3S.HI/c1-4-24(21,22)20-12-5-11-18-16(17-2)19-13-10-14-6-8-15(23-3)9-7-14;/h6-9,20H,4-5,10-13H2,1-3H3,(H2,17,18,19);1H. The second kappa shape index (κ2) is 13.2. The predicted octanol–water partition coefficient (Wildman–Crippen LogP) is 1.35. The number of aliphatic imine (C=N–C) groups is 1. The molecule has 0 saturated heterocycles. The molecule has 1 rings (SSSR count). The van der Waals surface area contributed by atoms with E-state index in [9.17, 15) is 8.42 Å². The van der Waals surface area contributed by atoms with E-state index in [1.807, 2.05) is 24.3 Å². The molecule has 144 valence electrons. The molecular formula is C16H29IN4O3S. The van der Waals surface area contributed by atoms with Crippen LogP contribution in [0.25, 0.3) is 0 Å². The molecule has 0 bridgehead atoms. The highest BCUT2D eigenvalue weighted by molar-refractivity contribution is 14.0. The number of guanidine groups is 1. The molecule has 25 heavy (non-hydrogen) atoms. The molecule has 3 N–H and O–H groups in total. The van der Waals surface area contributed by atoms with Gasteiger partial charge in [-0.1, -0.05) is 12.1 Å². The summed E-state index contributed by atoms with van der Waals surface area (Å²) in [5.74, 6) is 1.67. The molecule has 0 atom stereocenters. The first-order chi connectivity index (χ1) is 11.5. The molecule has 1 aromatic rings. The number of halogens is 1. The molecule has 1 aromatic carbocycles. The number of nitrogens with zero attached hydrogens (tertiary/aromatic N) is 1. The summed E-state index contributed by atoms with van der Waals surface area (Å²) in [4.78, 5) is 4.14. The lowest BCUT2D eigenvalue weighted by Gasteiger charge is -2.12. The molecule has 0 saturated carbocycles. The van der Waals surface area contributed by atoms with Crippen LogP contribution in [0.5, 0.6) is 5.75 Å². The minimum Gasteiger partial charge on any atom is -0.497 e. The van der Waals surface area contributed by atoms with Gasteiger partial charge in [-0.2, -0.15) is 0 Å². The minimum atomic E-state index is -3.11. The van der Waals surface area contributed by atoms with Crippen LogP contribution in [0.3, 0.4) is 0 Å². The van der Waals surface area contributed by atoms with Gasteiger partial charge in [0.05, 0.1) is 12.9 Å². The quantitative estimate of drug-likeness (QED) is 0.202. The number of benzene rings is 1. The second-order valence-corrected chi connectivity index (χ2v) is 7.27. The lowest BCUT2D eigenvalue weighted by atomic mass is 10.1. The van der Waals surface area contributed by atoms with Gasteiger partial charge in [0.25, 0.3) is 0 Å². The summed E-state index contributed by atoms with van der Waals surface area (Å²) in [7, 11) is 0.255. The molecular weight excluding hydrogens is 455 g/mol. The Kier molecular flexibility index (Phi) is 12.6. The zero-order valence-corrected chi connectivity index (χ0v) is 18.2. The van der Waals surface area contributed by atoms with Crippen LogP contribution in [0.4, 0.5) is 0 Å². The van der Waals surface area contributed by atoms with Crippen molar-refractivity contribution in [3.8, 4) is 5.75 Å². The molecule has 0 aromatic heterocycles. The van der Waals surface area contributed by atoms with Crippen molar-refractivity contribution < 1.29 is 13.2 Å². The average Bonchev–Trinajstić information content (AvgIpc) is 2.60. The monoisotopic (exact) mass is 484 g/mol. The van der Waals surface area contributed by atoms with Crippen LogP contribution in [0.1, 0.15) is 18.9 Å². The maximum absolute atomic E-state index is 11.3. The van der Waals surface area contributed by atoms with Crippen molar-refractivity contribution in [1.82, 2.24) is 15.4 Å². The summed E-state index contributed by atoms with van der Waals surface area (Å²) in [6, 6.07) is 7.96. The maximum Gasteiger partial charge on any atom is 0.211 e. The predicted molar refractivity (Wildman–Crippen MR) is 114 cm³/mol. The van der Waals surface area contributed by atoms with Gasteiger partial charge in [0.1, 0.15) is 5.75 Å². The first-order valence-corrected chi connectivity index (χ1v) is 9.70. The zero-order valence-electron chi connectivity index (χ0n) is 15.0. The molecule has 0 aliphatic rings. The summed E-state index contributed by atoms with van der Waals surface area (Å²) in [6.45, 7) is 3.45. The topological polar surface area (TPSA) is 91.8 Å². The molecule has 7 nitrogen and oxygen atoms in total. The van der Waals surface area contributed by atoms with Gasteiger partial charge >= 0.3 is 0 Å². The van der Waals surface area contributed by atoms with Crippen molar-refractivity contribution >= 4 is 40.0 Å². The van der Waals surface area contributed by atoms with Gasteiger partial charge in [-0.05, 0) is 37.5 Å². The van der Waals surface area contributed by atoms with E-state index in [1.54, 1.807) is 21.1 Å². The number of ether oxygens (including phenoxy) is 1. The van der Waals surface area contributed by atoms with Gasteiger partial charge in [-0.15, -0.1) is 24.0 Å². The lowest BCUT2D eigenvalue weighted by Crippen LogP contribution is -2.39. The van der Waals surface area contributed by atoms with E-state index in [1.165, 1.54) is 5.56 Å². The third kappa shape index (κ3) is 10.5. The van der Waals surface area contributed by atoms with Gasteiger partial charge in [0.15, 0.2) is 5.96 Å². The number of sulfonamides is 1. The molecule has 9 heteroatoms. The van der Waals surface area contributed by atoms with Crippen LogP contribution < -0.4 is 20.1 Å². The fourth-order valence-corrected chi connectivity index (χ4v) is 2.62. The van der Waals surface area contributed by atoms with Gasteiger partial charge < -0.3 is 15.4 Å². The van der Waals surface area contributed by atoms with Crippen LogP contribution in [-0.4, -0.2) is 53.9 Å². The highest BCUT2D eigenvalue weighted by Crippen LogP contribution is 2.11. The van der Waals surface area contributed by atoms with Crippen LogP contribution in [-0.2, 0) is 16.4 Å². The fraction of sp³-hybridized carbons (Fsp3) is 0.562. The number of methoxy groups -OCH3 is 1. The van der Waals surface area contributed by atoms with E-state index < -0.39 is 10.0 Å². The average molecular weight is 484 g/mol. The van der Waals surface area contributed by atoms with Crippen molar-refractivity contribution in [3.05, 3.63) is 29.8 Å². The van der Waals surface area contributed by atoms with Crippen LogP contribution in [0.15, 0.2) is 29.3 Å². The fourth-order valence-electron chi connectivity index (χ4n) is 1.96. The van der Waals surface area contributed by atoms with Crippen LogP contribution >= 0.6 is 24.0 Å². The number of rotatable bonds is 10. The Morgan fingerprint density at radius 1 is 1.12 bits per heavy atom. The summed E-state index contributed by atoms with van der Waals surface area (Å²) in [5.41, 5.74) is 1.22. The second-order valence-electron chi connectivity index (χ2n) is 5.18. The zero-order chi connectivity index (χ0) is 17.8. The molecule has 0 amide bonds. The highest BCUT2D eigenvalue weighted by atomic mass is 127. The minimum absolute atomic E-state index is 0. The smallest absolute Gasteiger partial charge is 0.211 e. The van der Waals surface area contributed by atoms with E-state index in [2.05, 4.69) is 20.3 Å². The Bertz CT molecular complexity index is 606. The van der Waals surface area contributed by atoms with E-state index in [4.69, 9.17) is 4.74 Å². The van der Waals surface area contributed by atoms with Gasteiger partial charge in [0, 0.05) is 26.7 Å². The van der Waals surface area contributed by atoms with Crippen LogP contribution in [0, 0.1) is 0 Å². The van der Waals surface area contributed by atoms with Crippen molar-refractivity contribution in [2.75, 3.05) is 39.5 Å². The molecule has 0 aliphatic carbocycles. The van der Waals surface area contributed by atoms with Crippen molar-refractivity contribution in [1.29, 1.82) is 0 Å². The largest absolute Gasteiger partial charge is 0.497 e. The van der Waals surface area contributed by atoms with E-state index in [-0.39, 0.29) is 29.7 Å². The first kappa shape index (κ1) is 23.9. The van der Waals surface area contributed by atoms with E-state index in [0.717, 1.165) is 18.7 Å².